The van der Waals surface area contributed by atoms with Crippen LogP contribution in [-0.4, -0.2) is 10.7 Å². The minimum absolute atomic E-state index is 0.275. The number of rotatable bonds is 5. The van der Waals surface area contributed by atoms with E-state index in [0.29, 0.717) is 5.01 Å². The second-order valence-corrected chi connectivity index (χ2v) is 7.19. The van der Waals surface area contributed by atoms with Gasteiger partial charge in [-0.05, 0) is 41.0 Å². The van der Waals surface area contributed by atoms with Crippen molar-refractivity contribution in [2.24, 2.45) is 5.10 Å². The van der Waals surface area contributed by atoms with Crippen LogP contribution in [0.1, 0.15) is 17.5 Å². The van der Waals surface area contributed by atoms with Gasteiger partial charge < -0.3 is 0 Å². The Morgan fingerprint density at radius 2 is 1.86 bits per heavy atom. The van der Waals surface area contributed by atoms with Crippen molar-refractivity contribution in [2.45, 2.75) is 13.3 Å². The lowest BCUT2D eigenvalue weighted by Crippen LogP contribution is -2.01. The molecule has 4 rings (SSSR count). The first-order valence-electron chi connectivity index (χ1n) is 9.04. The van der Waals surface area contributed by atoms with Gasteiger partial charge in [0.2, 0.25) is 0 Å². The van der Waals surface area contributed by atoms with E-state index in [4.69, 9.17) is 0 Å². The van der Waals surface area contributed by atoms with Crippen LogP contribution in [0.5, 0.6) is 0 Å². The number of fused-ring (bicyclic) bond motifs is 1. The fourth-order valence-corrected chi connectivity index (χ4v) is 3.69. The second-order valence-electron chi connectivity index (χ2n) is 6.33. The van der Waals surface area contributed by atoms with Crippen molar-refractivity contribution in [1.29, 1.82) is 5.26 Å². The van der Waals surface area contributed by atoms with Crippen LogP contribution in [0, 0.1) is 11.3 Å². The Bertz CT molecular complexity index is 1180. The molecule has 136 valence electrons. The molecule has 0 aliphatic heterocycles. The van der Waals surface area contributed by atoms with Crippen molar-refractivity contribution in [1.82, 2.24) is 4.98 Å². The average Bonchev–Trinajstić information content (AvgIpc) is 3.24. The highest BCUT2D eigenvalue weighted by Crippen LogP contribution is 2.26. The molecule has 4 aromatic rings. The van der Waals surface area contributed by atoms with Gasteiger partial charge in [0, 0.05) is 10.9 Å². The Labute approximate surface area is 167 Å². The summed E-state index contributed by atoms with van der Waals surface area (Å²) in [6.07, 6.45) is 0.990. The summed E-state index contributed by atoms with van der Waals surface area (Å²) in [5.74, 6) is 0. The van der Waals surface area contributed by atoms with Gasteiger partial charge in [-0.1, -0.05) is 55.5 Å². The molecule has 1 N–H and O–H groups in total. The van der Waals surface area contributed by atoms with Gasteiger partial charge in [0.15, 0.2) is 10.7 Å². The highest BCUT2D eigenvalue weighted by atomic mass is 32.1. The largest absolute Gasteiger partial charge is 0.277 e. The quantitative estimate of drug-likeness (QED) is 0.347. The van der Waals surface area contributed by atoms with Crippen molar-refractivity contribution in [2.75, 3.05) is 5.43 Å². The summed E-state index contributed by atoms with van der Waals surface area (Å²) < 4.78 is 0. The third-order valence-corrected chi connectivity index (χ3v) is 5.37. The lowest BCUT2D eigenvalue weighted by atomic mass is 10.1. The van der Waals surface area contributed by atoms with Crippen LogP contribution in [0.15, 0.2) is 77.2 Å². The number of hydrazone groups is 1. The van der Waals surface area contributed by atoms with Gasteiger partial charge in [0.05, 0.1) is 11.4 Å². The summed E-state index contributed by atoms with van der Waals surface area (Å²) in [5, 5.41) is 18.7. The Hall–Kier alpha value is -3.49. The van der Waals surface area contributed by atoms with Crippen molar-refractivity contribution in [3.63, 3.8) is 0 Å². The number of aryl methyl sites for hydroxylation is 1. The Morgan fingerprint density at radius 1 is 1.07 bits per heavy atom. The summed E-state index contributed by atoms with van der Waals surface area (Å²) in [6.45, 7) is 2.12. The van der Waals surface area contributed by atoms with E-state index in [1.165, 1.54) is 27.7 Å². The summed E-state index contributed by atoms with van der Waals surface area (Å²) in [7, 11) is 0. The van der Waals surface area contributed by atoms with Gasteiger partial charge in [-0.25, -0.2) is 4.98 Å². The van der Waals surface area contributed by atoms with E-state index in [9.17, 15) is 5.26 Å². The predicted octanol–water partition coefficient (Wildman–Crippen LogP) is 5.87. The molecule has 28 heavy (non-hydrogen) atoms. The molecule has 3 aromatic carbocycles. The average molecular weight is 382 g/mol. The van der Waals surface area contributed by atoms with Crippen LogP contribution < -0.4 is 5.43 Å². The van der Waals surface area contributed by atoms with Crippen molar-refractivity contribution in [3.05, 3.63) is 82.7 Å². The number of thiazole rings is 1. The van der Waals surface area contributed by atoms with Gasteiger partial charge in [0.1, 0.15) is 6.07 Å². The van der Waals surface area contributed by atoms with Crippen LogP contribution in [0.3, 0.4) is 0 Å². The number of nitriles is 1. The standard InChI is InChI=1S/C23H18N4S/c1-2-16-7-11-20(12-8-16)26-27-21(14-24)23-25-22(15-28-23)19-10-9-17-5-3-4-6-18(17)13-19/h3-13,15,26H,2H2,1H3. The summed E-state index contributed by atoms with van der Waals surface area (Å²) in [5.41, 5.74) is 7.21. The van der Waals surface area contributed by atoms with E-state index in [1.807, 2.05) is 41.8 Å². The van der Waals surface area contributed by atoms with Crippen LogP contribution in [0.4, 0.5) is 5.69 Å². The third-order valence-electron chi connectivity index (χ3n) is 4.52. The molecule has 0 saturated heterocycles. The molecule has 1 aromatic heterocycles. The number of anilines is 1. The maximum atomic E-state index is 9.51. The maximum absolute atomic E-state index is 9.51. The van der Waals surface area contributed by atoms with Gasteiger partial charge in [-0.2, -0.15) is 10.4 Å². The Balaban J connectivity index is 1.57. The van der Waals surface area contributed by atoms with E-state index in [1.54, 1.807) is 0 Å². The minimum Gasteiger partial charge on any atom is -0.277 e. The zero-order valence-electron chi connectivity index (χ0n) is 15.4. The highest BCUT2D eigenvalue weighted by Gasteiger charge is 2.11. The molecule has 0 amide bonds. The highest BCUT2D eigenvalue weighted by molar-refractivity contribution is 7.12. The monoisotopic (exact) mass is 382 g/mol. The first-order chi connectivity index (χ1) is 13.8. The molecule has 0 saturated carbocycles. The molecule has 0 aliphatic carbocycles. The molecular formula is C23H18N4S. The van der Waals surface area contributed by atoms with Crippen molar-refractivity contribution < 1.29 is 0 Å². The summed E-state index contributed by atoms with van der Waals surface area (Å²) in [4.78, 5) is 4.62. The van der Waals surface area contributed by atoms with Gasteiger partial charge in [-0.3, -0.25) is 5.43 Å². The first-order valence-corrected chi connectivity index (χ1v) is 9.92. The van der Waals surface area contributed by atoms with E-state index < -0.39 is 0 Å². The Morgan fingerprint density at radius 3 is 2.61 bits per heavy atom. The maximum Gasteiger partial charge on any atom is 0.196 e. The zero-order chi connectivity index (χ0) is 19.3. The van der Waals surface area contributed by atoms with Crippen LogP contribution in [-0.2, 0) is 6.42 Å². The van der Waals surface area contributed by atoms with Crippen molar-refractivity contribution >= 4 is 33.5 Å². The number of hydrogen-bond acceptors (Lipinski definition) is 5. The predicted molar refractivity (Wildman–Crippen MR) is 117 cm³/mol. The molecule has 5 heteroatoms. The topological polar surface area (TPSA) is 61.1 Å². The molecule has 0 unspecified atom stereocenters. The first kappa shape index (κ1) is 17.9. The smallest absolute Gasteiger partial charge is 0.196 e. The van der Waals surface area contributed by atoms with Gasteiger partial charge >= 0.3 is 0 Å². The number of nitrogens with zero attached hydrogens (tertiary/aromatic N) is 3. The zero-order valence-corrected chi connectivity index (χ0v) is 16.2. The van der Waals surface area contributed by atoms with Crippen LogP contribution in [0.25, 0.3) is 22.0 Å². The van der Waals surface area contributed by atoms with E-state index >= 15 is 0 Å². The van der Waals surface area contributed by atoms with Gasteiger partial charge in [-0.15, -0.1) is 11.3 Å². The molecule has 0 atom stereocenters. The van der Waals surface area contributed by atoms with E-state index in [-0.39, 0.29) is 5.71 Å². The number of benzene rings is 3. The molecule has 0 fully saturated rings. The van der Waals surface area contributed by atoms with Gasteiger partial charge in [0.25, 0.3) is 0 Å². The molecule has 4 nitrogen and oxygen atoms in total. The Kier molecular flexibility index (Phi) is 5.14. The molecule has 1 heterocycles. The molecule has 0 radical (unpaired) electrons. The summed E-state index contributed by atoms with van der Waals surface area (Å²) >= 11 is 1.42. The van der Waals surface area contributed by atoms with Crippen LogP contribution in [0.2, 0.25) is 0 Å². The number of nitrogens with one attached hydrogen (secondary N) is 1. The summed E-state index contributed by atoms with van der Waals surface area (Å²) in [6, 6.07) is 24.6. The molecular weight excluding hydrogens is 364 g/mol. The second kappa shape index (κ2) is 8.03. The van der Waals surface area contributed by atoms with Crippen molar-refractivity contribution in [3.8, 4) is 17.3 Å². The SMILES string of the molecule is CCc1ccc(NN=C(C#N)c2nc(-c3ccc4ccccc4c3)cs2)cc1. The normalized spacial score (nSPS) is 11.4. The van der Waals surface area contributed by atoms with Crippen LogP contribution >= 0.6 is 11.3 Å². The fourth-order valence-electron chi connectivity index (χ4n) is 2.92. The number of hydrogen-bond donors (Lipinski definition) is 1. The third kappa shape index (κ3) is 3.78. The molecule has 0 spiro atoms. The molecule has 0 aliphatic rings. The lowest BCUT2D eigenvalue weighted by molar-refractivity contribution is 1.14. The fraction of sp³-hybridized carbons (Fsp3) is 0.0870. The van der Waals surface area contributed by atoms with E-state index in [2.05, 4.69) is 58.8 Å². The van der Waals surface area contributed by atoms with E-state index in [0.717, 1.165) is 23.4 Å². The lowest BCUT2D eigenvalue weighted by Gasteiger charge is -2.02. The molecule has 0 bridgehead atoms. The number of aromatic nitrogens is 1. The minimum atomic E-state index is 0.275.